The van der Waals surface area contributed by atoms with Crippen molar-refractivity contribution in [3.8, 4) is 17.0 Å². The van der Waals surface area contributed by atoms with E-state index in [2.05, 4.69) is 27.3 Å². The second-order valence-electron chi connectivity index (χ2n) is 8.41. The summed E-state index contributed by atoms with van der Waals surface area (Å²) in [4.78, 5) is 24.1. The zero-order valence-corrected chi connectivity index (χ0v) is 17.9. The van der Waals surface area contributed by atoms with Gasteiger partial charge in [0.05, 0.1) is 12.8 Å². The predicted octanol–water partition coefficient (Wildman–Crippen LogP) is 3.46. The summed E-state index contributed by atoms with van der Waals surface area (Å²) in [5.41, 5.74) is 2.70. The van der Waals surface area contributed by atoms with Crippen LogP contribution in [0.5, 0.6) is 5.75 Å². The van der Waals surface area contributed by atoms with Crippen LogP contribution < -0.4 is 20.5 Å². The molecular weight excluding hydrogens is 390 g/mol. The molecule has 2 bridgehead atoms. The maximum atomic E-state index is 12.7. The summed E-state index contributed by atoms with van der Waals surface area (Å²) >= 11 is 0. The SMILES string of the molecule is COc1ccc(NC2CC3CCC(C2)N3c2nc(-c3ccncc3)cc(=O)n2C)cc1. The number of rotatable bonds is 5. The quantitative estimate of drug-likeness (QED) is 0.685. The third-order valence-electron chi connectivity index (χ3n) is 6.51. The minimum Gasteiger partial charge on any atom is -0.497 e. The third-order valence-corrected chi connectivity index (χ3v) is 6.51. The molecule has 2 unspecified atom stereocenters. The Labute approximate surface area is 181 Å². The fraction of sp³-hybridized carbons (Fsp3) is 0.375. The van der Waals surface area contributed by atoms with Gasteiger partial charge in [-0.05, 0) is 62.1 Å². The highest BCUT2D eigenvalue weighted by atomic mass is 16.5. The number of hydrogen-bond acceptors (Lipinski definition) is 6. The van der Waals surface area contributed by atoms with Crippen molar-refractivity contribution in [1.82, 2.24) is 14.5 Å². The van der Waals surface area contributed by atoms with Crippen LogP contribution in [0.4, 0.5) is 11.6 Å². The van der Waals surface area contributed by atoms with Gasteiger partial charge in [-0.2, -0.15) is 0 Å². The van der Waals surface area contributed by atoms with Crippen molar-refractivity contribution < 1.29 is 4.74 Å². The number of ether oxygens (including phenoxy) is 1. The second-order valence-corrected chi connectivity index (χ2v) is 8.41. The molecule has 5 rings (SSSR count). The number of pyridine rings is 1. The Balaban J connectivity index is 1.39. The number of methoxy groups -OCH3 is 1. The highest BCUT2D eigenvalue weighted by Gasteiger charge is 2.42. The fourth-order valence-corrected chi connectivity index (χ4v) is 4.97. The van der Waals surface area contributed by atoms with Gasteiger partial charge in [-0.15, -0.1) is 0 Å². The van der Waals surface area contributed by atoms with E-state index in [1.54, 1.807) is 30.1 Å². The lowest BCUT2D eigenvalue weighted by atomic mass is 9.97. The van der Waals surface area contributed by atoms with Crippen LogP contribution in [-0.2, 0) is 7.05 Å². The Kier molecular flexibility index (Phi) is 5.10. The molecule has 2 aliphatic rings. The number of piperidine rings is 1. The number of hydrogen-bond donors (Lipinski definition) is 1. The Hall–Kier alpha value is -3.35. The van der Waals surface area contributed by atoms with Crippen LogP contribution in [0.1, 0.15) is 25.7 Å². The number of benzene rings is 1. The van der Waals surface area contributed by atoms with Crippen molar-refractivity contribution >= 4 is 11.6 Å². The van der Waals surface area contributed by atoms with Crippen LogP contribution in [0.3, 0.4) is 0 Å². The lowest BCUT2D eigenvalue weighted by Crippen LogP contribution is -2.49. The van der Waals surface area contributed by atoms with Gasteiger partial charge in [0.1, 0.15) is 5.75 Å². The van der Waals surface area contributed by atoms with E-state index < -0.39 is 0 Å². The minimum atomic E-state index is -0.0327. The molecule has 2 aromatic heterocycles. The average molecular weight is 418 g/mol. The summed E-state index contributed by atoms with van der Waals surface area (Å²) in [7, 11) is 3.50. The van der Waals surface area contributed by atoms with Crippen molar-refractivity contribution in [3.05, 3.63) is 65.2 Å². The number of nitrogens with one attached hydrogen (secondary N) is 1. The Bertz CT molecular complexity index is 1100. The molecule has 0 aliphatic carbocycles. The van der Waals surface area contributed by atoms with E-state index in [-0.39, 0.29) is 5.56 Å². The maximum absolute atomic E-state index is 12.7. The number of anilines is 2. The van der Waals surface area contributed by atoms with Gasteiger partial charge in [0.2, 0.25) is 5.95 Å². The largest absolute Gasteiger partial charge is 0.497 e. The Morgan fingerprint density at radius 2 is 1.71 bits per heavy atom. The van der Waals surface area contributed by atoms with Crippen LogP contribution in [-0.4, -0.2) is 39.8 Å². The first-order chi connectivity index (χ1) is 15.1. The summed E-state index contributed by atoms with van der Waals surface area (Å²) in [6.07, 6.45) is 7.76. The van der Waals surface area contributed by atoms with Crippen LogP contribution in [0.15, 0.2) is 59.7 Å². The first-order valence-electron chi connectivity index (χ1n) is 10.8. The van der Waals surface area contributed by atoms with Gasteiger partial charge >= 0.3 is 0 Å². The summed E-state index contributed by atoms with van der Waals surface area (Å²) < 4.78 is 6.94. The van der Waals surface area contributed by atoms with Crippen LogP contribution in [0, 0.1) is 0 Å². The van der Waals surface area contributed by atoms with Crippen molar-refractivity contribution in [2.24, 2.45) is 7.05 Å². The topological polar surface area (TPSA) is 72.3 Å². The molecule has 3 aromatic rings. The van der Waals surface area contributed by atoms with Gasteiger partial charge in [0.15, 0.2) is 0 Å². The Morgan fingerprint density at radius 3 is 2.35 bits per heavy atom. The zero-order valence-electron chi connectivity index (χ0n) is 17.9. The molecule has 31 heavy (non-hydrogen) atoms. The molecular formula is C24H27N5O2. The zero-order chi connectivity index (χ0) is 21.4. The molecule has 7 heteroatoms. The molecule has 2 aliphatic heterocycles. The first kappa shape index (κ1) is 19.6. The molecule has 2 fully saturated rings. The number of aromatic nitrogens is 3. The van der Waals surface area contributed by atoms with Crippen molar-refractivity contribution in [2.45, 2.75) is 43.8 Å². The standard InChI is InChI=1S/C24H27N5O2/c1-28-23(30)15-22(16-9-11-25-12-10-16)27-24(28)29-19-5-6-20(29)14-18(13-19)26-17-3-7-21(31-2)8-4-17/h3-4,7-12,15,18-20,26H,5-6,13-14H2,1-2H3. The molecule has 0 saturated carbocycles. The maximum Gasteiger partial charge on any atom is 0.255 e. The molecule has 0 amide bonds. The van der Waals surface area contributed by atoms with E-state index in [1.165, 1.54) is 0 Å². The van der Waals surface area contributed by atoms with E-state index in [0.29, 0.717) is 23.8 Å². The highest BCUT2D eigenvalue weighted by molar-refractivity contribution is 5.60. The number of fused-ring (bicyclic) bond motifs is 2. The molecule has 160 valence electrons. The van der Waals surface area contributed by atoms with Gasteiger partial charge in [-0.25, -0.2) is 4.98 Å². The van der Waals surface area contributed by atoms with Crippen LogP contribution in [0.2, 0.25) is 0 Å². The molecule has 7 nitrogen and oxygen atoms in total. The molecule has 2 atom stereocenters. The Morgan fingerprint density at radius 1 is 1.03 bits per heavy atom. The normalized spacial score (nSPS) is 22.4. The molecule has 2 saturated heterocycles. The van der Waals surface area contributed by atoms with Crippen molar-refractivity contribution in [1.29, 1.82) is 0 Å². The van der Waals surface area contributed by atoms with Gasteiger partial charge in [0, 0.05) is 54.9 Å². The lowest BCUT2D eigenvalue weighted by molar-refractivity contribution is 0.414. The van der Waals surface area contributed by atoms with E-state index >= 15 is 0 Å². The minimum absolute atomic E-state index is 0.0327. The monoisotopic (exact) mass is 417 g/mol. The van der Waals surface area contributed by atoms with Crippen molar-refractivity contribution in [3.63, 3.8) is 0 Å². The molecule has 4 heterocycles. The highest BCUT2D eigenvalue weighted by Crippen LogP contribution is 2.39. The average Bonchev–Trinajstić information content (AvgIpc) is 3.06. The first-order valence-corrected chi connectivity index (χ1v) is 10.8. The molecule has 1 aromatic carbocycles. The molecule has 1 N–H and O–H groups in total. The fourth-order valence-electron chi connectivity index (χ4n) is 4.97. The predicted molar refractivity (Wildman–Crippen MR) is 122 cm³/mol. The number of nitrogens with zero attached hydrogens (tertiary/aromatic N) is 4. The van der Waals surface area contributed by atoms with E-state index in [1.807, 2.05) is 31.3 Å². The summed E-state index contributed by atoms with van der Waals surface area (Å²) in [5, 5.41) is 3.69. The van der Waals surface area contributed by atoms with Crippen LogP contribution >= 0.6 is 0 Å². The molecule has 0 spiro atoms. The smallest absolute Gasteiger partial charge is 0.255 e. The van der Waals surface area contributed by atoms with Gasteiger partial charge in [0.25, 0.3) is 5.56 Å². The second kappa shape index (κ2) is 8.06. The summed E-state index contributed by atoms with van der Waals surface area (Å²) in [5.74, 6) is 1.64. The van der Waals surface area contributed by atoms with Crippen molar-refractivity contribution in [2.75, 3.05) is 17.3 Å². The molecule has 0 radical (unpaired) electrons. The third kappa shape index (κ3) is 3.76. The van der Waals surface area contributed by atoms with E-state index in [9.17, 15) is 4.79 Å². The lowest BCUT2D eigenvalue weighted by Gasteiger charge is -2.40. The van der Waals surface area contributed by atoms with Gasteiger partial charge in [-0.3, -0.25) is 14.3 Å². The summed E-state index contributed by atoms with van der Waals surface area (Å²) in [6.45, 7) is 0. The summed E-state index contributed by atoms with van der Waals surface area (Å²) in [6, 6.07) is 14.7. The van der Waals surface area contributed by atoms with Gasteiger partial charge < -0.3 is 15.0 Å². The van der Waals surface area contributed by atoms with E-state index in [0.717, 1.165) is 48.6 Å². The van der Waals surface area contributed by atoms with Crippen LogP contribution in [0.25, 0.3) is 11.3 Å². The van der Waals surface area contributed by atoms with Gasteiger partial charge in [-0.1, -0.05) is 0 Å². The van der Waals surface area contributed by atoms with E-state index in [4.69, 9.17) is 9.72 Å².